The van der Waals surface area contributed by atoms with Crippen LogP contribution in [-0.4, -0.2) is 28.2 Å². The van der Waals surface area contributed by atoms with E-state index >= 15 is 0 Å². The lowest BCUT2D eigenvalue weighted by atomic mass is 9.98. The first kappa shape index (κ1) is 22.4. The van der Waals surface area contributed by atoms with Crippen molar-refractivity contribution in [3.8, 4) is 17.6 Å². The molecule has 3 rings (SSSR count). The Morgan fingerprint density at radius 3 is 2.74 bits per heavy atom. The highest BCUT2D eigenvalue weighted by molar-refractivity contribution is 8.26. The summed E-state index contributed by atoms with van der Waals surface area (Å²) >= 11 is 0.740. The molecular weight excluding hydrogens is 422 g/mol. The summed E-state index contributed by atoms with van der Waals surface area (Å²) in [7, 11) is 1.39. The van der Waals surface area contributed by atoms with Gasteiger partial charge in [0, 0.05) is 17.1 Å². The molecule has 0 atom stereocenters. The number of aromatic nitrogens is 1. The van der Waals surface area contributed by atoms with Crippen LogP contribution in [0.3, 0.4) is 0 Å². The maximum Gasteiger partial charge on any atom is 0.280 e. The molecule has 6 nitrogen and oxygen atoms in total. The lowest BCUT2D eigenvalue weighted by Gasteiger charge is -2.14. The summed E-state index contributed by atoms with van der Waals surface area (Å²) in [6.45, 7) is 0. The number of nitrogens with zero attached hydrogens (tertiary/aromatic N) is 1. The highest BCUT2D eigenvalue weighted by atomic mass is 32.2. The van der Waals surface area contributed by atoms with Crippen molar-refractivity contribution in [3.63, 3.8) is 0 Å². The maximum absolute atomic E-state index is 13.2. The third-order valence-electron chi connectivity index (χ3n) is 4.40. The van der Waals surface area contributed by atoms with Gasteiger partial charge in [-0.3, -0.25) is 20.6 Å². The Kier molecular flexibility index (Phi) is 7.36. The van der Waals surface area contributed by atoms with Gasteiger partial charge >= 0.3 is 0 Å². The average molecular weight is 442 g/mol. The van der Waals surface area contributed by atoms with E-state index in [2.05, 4.69) is 22.1 Å². The number of thioether (sulfide) groups is 1. The van der Waals surface area contributed by atoms with E-state index in [9.17, 15) is 13.6 Å². The van der Waals surface area contributed by atoms with E-state index in [1.807, 2.05) is 0 Å². The highest BCUT2D eigenvalue weighted by Gasteiger charge is 2.21. The van der Waals surface area contributed by atoms with Crippen LogP contribution >= 0.6 is 11.8 Å². The van der Waals surface area contributed by atoms with Gasteiger partial charge < -0.3 is 10.1 Å². The second-order valence-electron chi connectivity index (χ2n) is 6.74. The number of amidine groups is 1. The lowest BCUT2D eigenvalue weighted by Crippen LogP contribution is -2.29. The van der Waals surface area contributed by atoms with Crippen molar-refractivity contribution in [2.45, 2.75) is 25.7 Å². The zero-order valence-electron chi connectivity index (χ0n) is 16.7. The van der Waals surface area contributed by atoms with Crippen molar-refractivity contribution < 1.29 is 18.3 Å². The standard InChI is InChI=1S/C22H20F2N4O2S/c1-30-18-12-27-17(20(23)24)11-16(18)14-5-3-2-4-6-15(14)21(29)28-22(26)31-19(25)10-9-13-7-8-13/h3-6,11-13,20,25H,2,7-8H2,1H3,(H2,26,28,29). The smallest absolute Gasteiger partial charge is 0.280 e. The van der Waals surface area contributed by atoms with Crippen LogP contribution in [0.15, 0.2) is 42.1 Å². The van der Waals surface area contributed by atoms with E-state index in [4.69, 9.17) is 15.6 Å². The van der Waals surface area contributed by atoms with Gasteiger partial charge in [0.2, 0.25) is 0 Å². The van der Waals surface area contributed by atoms with E-state index in [0.29, 0.717) is 23.5 Å². The van der Waals surface area contributed by atoms with Crippen molar-refractivity contribution in [3.05, 3.63) is 53.4 Å². The van der Waals surface area contributed by atoms with Gasteiger partial charge in [-0.25, -0.2) is 8.78 Å². The predicted octanol–water partition coefficient (Wildman–Crippen LogP) is 4.47. The van der Waals surface area contributed by atoms with Crippen LogP contribution in [0.25, 0.3) is 5.57 Å². The number of nitrogens with one attached hydrogen (secondary N) is 3. The summed E-state index contributed by atoms with van der Waals surface area (Å²) < 4.78 is 31.7. The van der Waals surface area contributed by atoms with Crippen LogP contribution in [0.1, 0.15) is 36.9 Å². The minimum atomic E-state index is -2.78. The number of carbonyl (C=O) groups excluding carboxylic acids is 1. The normalized spacial score (nSPS) is 15.2. The molecule has 0 radical (unpaired) electrons. The molecule has 0 saturated heterocycles. The van der Waals surface area contributed by atoms with E-state index in [1.54, 1.807) is 24.3 Å². The first-order chi connectivity index (χ1) is 14.9. The molecule has 160 valence electrons. The van der Waals surface area contributed by atoms with Crippen molar-refractivity contribution >= 4 is 33.5 Å². The van der Waals surface area contributed by atoms with Gasteiger partial charge in [0.1, 0.15) is 16.5 Å². The number of allylic oxidation sites excluding steroid dienone is 4. The number of hydrogen-bond acceptors (Lipinski definition) is 6. The van der Waals surface area contributed by atoms with E-state index in [1.165, 1.54) is 19.4 Å². The molecule has 0 aliphatic heterocycles. The monoisotopic (exact) mass is 442 g/mol. The molecule has 2 aliphatic carbocycles. The Morgan fingerprint density at radius 1 is 1.32 bits per heavy atom. The summed E-state index contributed by atoms with van der Waals surface area (Å²) in [4.78, 5) is 16.6. The molecule has 3 N–H and O–H groups in total. The molecule has 1 saturated carbocycles. The molecule has 1 amide bonds. The number of hydrogen-bond donors (Lipinski definition) is 3. The molecule has 0 spiro atoms. The van der Waals surface area contributed by atoms with Gasteiger partial charge in [0.05, 0.1) is 13.3 Å². The van der Waals surface area contributed by atoms with Crippen molar-refractivity contribution in [1.82, 2.24) is 10.3 Å². The van der Waals surface area contributed by atoms with Crippen LogP contribution in [0.4, 0.5) is 8.78 Å². The van der Waals surface area contributed by atoms with Gasteiger partial charge in [-0.05, 0) is 48.6 Å². The van der Waals surface area contributed by atoms with Crippen LogP contribution < -0.4 is 10.1 Å². The number of ether oxygens (including phenoxy) is 1. The fourth-order valence-corrected chi connectivity index (χ4v) is 3.19. The van der Waals surface area contributed by atoms with Crippen LogP contribution in [0, 0.1) is 28.6 Å². The van der Waals surface area contributed by atoms with Crippen LogP contribution in [0.5, 0.6) is 5.75 Å². The van der Waals surface area contributed by atoms with E-state index < -0.39 is 18.0 Å². The Bertz CT molecular complexity index is 1060. The Hall–Kier alpha value is -3.25. The van der Waals surface area contributed by atoms with Crippen molar-refractivity contribution in [2.75, 3.05) is 7.11 Å². The average Bonchev–Trinajstić information content (AvgIpc) is 3.58. The minimum absolute atomic E-state index is 0.0277. The fourth-order valence-electron chi connectivity index (χ4n) is 2.73. The second kappa shape index (κ2) is 10.2. The summed E-state index contributed by atoms with van der Waals surface area (Å²) in [5.41, 5.74) is 0.409. The highest BCUT2D eigenvalue weighted by Crippen LogP contribution is 2.33. The zero-order chi connectivity index (χ0) is 22.4. The van der Waals surface area contributed by atoms with Gasteiger partial charge in [-0.1, -0.05) is 30.2 Å². The third kappa shape index (κ3) is 6.12. The summed E-state index contributed by atoms with van der Waals surface area (Å²) in [5, 5.41) is 18.0. The molecule has 0 unspecified atom stereocenters. The summed E-state index contributed by atoms with van der Waals surface area (Å²) in [6, 6.07) is 1.19. The summed E-state index contributed by atoms with van der Waals surface area (Å²) in [5.74, 6) is 5.57. The van der Waals surface area contributed by atoms with Crippen molar-refractivity contribution in [2.24, 2.45) is 5.92 Å². The molecule has 1 heterocycles. The molecule has 31 heavy (non-hydrogen) atoms. The quantitative estimate of drug-likeness (QED) is 0.364. The summed E-state index contributed by atoms with van der Waals surface area (Å²) in [6.07, 6.45) is 7.79. The largest absolute Gasteiger partial charge is 0.494 e. The van der Waals surface area contributed by atoms with Gasteiger partial charge in [0.15, 0.2) is 5.17 Å². The number of amides is 1. The fraction of sp³-hybridized carbons (Fsp3) is 0.273. The van der Waals surface area contributed by atoms with Crippen LogP contribution in [-0.2, 0) is 4.79 Å². The molecule has 2 aliphatic rings. The number of methoxy groups -OCH3 is 1. The third-order valence-corrected chi connectivity index (χ3v) is 5.01. The van der Waals surface area contributed by atoms with Gasteiger partial charge in [-0.2, -0.15) is 0 Å². The number of alkyl halides is 2. The Balaban J connectivity index is 1.87. The first-order valence-electron chi connectivity index (χ1n) is 9.46. The van der Waals surface area contributed by atoms with E-state index in [-0.39, 0.29) is 21.5 Å². The number of pyridine rings is 1. The predicted molar refractivity (Wildman–Crippen MR) is 117 cm³/mol. The van der Waals surface area contributed by atoms with Crippen LogP contribution in [0.2, 0.25) is 0 Å². The Morgan fingerprint density at radius 2 is 2.06 bits per heavy atom. The van der Waals surface area contributed by atoms with Gasteiger partial charge in [0.25, 0.3) is 12.3 Å². The number of carbonyl (C=O) groups is 1. The maximum atomic E-state index is 13.2. The molecule has 0 bridgehead atoms. The topological polar surface area (TPSA) is 98.9 Å². The van der Waals surface area contributed by atoms with Gasteiger partial charge in [-0.15, -0.1) is 0 Å². The SMILES string of the molecule is COc1cnc(C(F)F)cc1C1=C(C(=O)NC(=N)SC(=N)C#CC2CC2)C=CCC=C1. The Labute approximate surface area is 182 Å². The number of rotatable bonds is 4. The molecule has 1 fully saturated rings. The first-order valence-corrected chi connectivity index (χ1v) is 10.3. The minimum Gasteiger partial charge on any atom is -0.494 e. The lowest BCUT2D eigenvalue weighted by molar-refractivity contribution is -0.115. The molecule has 1 aromatic heterocycles. The molecule has 1 aromatic rings. The second-order valence-corrected chi connectivity index (χ2v) is 7.76. The van der Waals surface area contributed by atoms with E-state index in [0.717, 1.165) is 24.6 Å². The molecular formula is C22H20F2N4O2S. The zero-order valence-corrected chi connectivity index (χ0v) is 17.5. The number of halogens is 2. The molecule has 0 aromatic carbocycles. The van der Waals surface area contributed by atoms with Crippen molar-refractivity contribution in [1.29, 1.82) is 10.8 Å². The molecule has 9 heteroatoms.